The summed E-state index contributed by atoms with van der Waals surface area (Å²) in [6, 6.07) is 5.67. The van der Waals surface area contributed by atoms with Crippen LogP contribution in [0.15, 0.2) is 23.1 Å². The topological polar surface area (TPSA) is 119 Å². The van der Waals surface area contributed by atoms with Crippen LogP contribution in [0.2, 0.25) is 0 Å². The molecule has 0 bridgehead atoms. The first kappa shape index (κ1) is 29.3. The van der Waals surface area contributed by atoms with Crippen molar-refractivity contribution in [1.29, 1.82) is 0 Å². The van der Waals surface area contributed by atoms with Gasteiger partial charge in [0.1, 0.15) is 25.4 Å². The van der Waals surface area contributed by atoms with Crippen LogP contribution in [0.4, 0.5) is 4.79 Å². The van der Waals surface area contributed by atoms with Crippen molar-refractivity contribution in [2.75, 3.05) is 46.6 Å². The van der Waals surface area contributed by atoms with Crippen LogP contribution in [0.25, 0.3) is 0 Å². The number of alkyl carbamates (subject to hydrolysis) is 1. The lowest BCUT2D eigenvalue weighted by atomic mass is 9.91. The lowest BCUT2D eigenvalue weighted by Crippen LogP contribution is -2.50. The summed E-state index contributed by atoms with van der Waals surface area (Å²) in [5.41, 5.74) is 0. The van der Waals surface area contributed by atoms with Gasteiger partial charge >= 0.3 is 6.09 Å². The summed E-state index contributed by atoms with van der Waals surface area (Å²) in [5, 5.41) is 13.6. The Morgan fingerprint density at radius 2 is 2.12 bits per heavy atom. The molecule has 0 aliphatic carbocycles. The number of hydrogen-bond acceptors (Lipinski definition) is 10. The standard InChI is InChI=1S/C27H38BN3O8S/c1-35-18-6-7-23-21(13-18)36-11-4-2-3-10-31-17(5-8-24(31)33)14-30(40-23)15-20(32)25(28)29-27(34)39-22-16-38-26-19(22)9-12-37-26/h6-7,13,17,19-20,22,25-26,32H,2-5,8-12,14-16H2,1H3,(H,29,34). The van der Waals surface area contributed by atoms with Crippen molar-refractivity contribution in [3.8, 4) is 11.5 Å². The first-order chi connectivity index (χ1) is 19.4. The number of methoxy groups -OCH3 is 1. The zero-order valence-electron chi connectivity index (χ0n) is 22.9. The molecule has 3 fully saturated rings. The number of rotatable bonds is 6. The van der Waals surface area contributed by atoms with Crippen molar-refractivity contribution in [3.05, 3.63) is 18.2 Å². The highest BCUT2D eigenvalue weighted by atomic mass is 32.2. The molecule has 2 amide bonds. The molecule has 40 heavy (non-hydrogen) atoms. The number of fused-ring (bicyclic) bond motifs is 3. The number of carbonyl (C=O) groups is 2. The Balaban J connectivity index is 1.26. The maximum Gasteiger partial charge on any atom is 0.407 e. The van der Waals surface area contributed by atoms with Gasteiger partial charge in [-0.3, -0.25) is 4.79 Å². The van der Waals surface area contributed by atoms with Gasteiger partial charge in [0.05, 0.1) is 43.8 Å². The fourth-order valence-electron chi connectivity index (χ4n) is 5.63. The molecule has 218 valence electrons. The van der Waals surface area contributed by atoms with Gasteiger partial charge in [0.2, 0.25) is 5.91 Å². The molecule has 4 aliphatic heterocycles. The highest BCUT2D eigenvalue weighted by Crippen LogP contribution is 2.37. The van der Waals surface area contributed by atoms with E-state index in [1.807, 2.05) is 27.4 Å². The Morgan fingerprint density at radius 1 is 1.25 bits per heavy atom. The lowest BCUT2D eigenvalue weighted by molar-refractivity contribution is -0.129. The van der Waals surface area contributed by atoms with E-state index in [0.29, 0.717) is 44.2 Å². The molecule has 3 saturated heterocycles. The molecule has 11 nitrogen and oxygen atoms in total. The van der Waals surface area contributed by atoms with E-state index in [0.717, 1.165) is 37.0 Å². The second-order valence-electron chi connectivity index (χ2n) is 10.6. The molecule has 6 unspecified atom stereocenters. The number of carbonyl (C=O) groups excluding carboxylic acids is 2. The highest BCUT2D eigenvalue weighted by Gasteiger charge is 2.44. The van der Waals surface area contributed by atoms with Gasteiger partial charge in [-0.1, -0.05) is 0 Å². The fraction of sp³-hybridized carbons (Fsp3) is 0.704. The molecular weight excluding hydrogens is 537 g/mol. The van der Waals surface area contributed by atoms with E-state index >= 15 is 0 Å². The summed E-state index contributed by atoms with van der Waals surface area (Å²) in [4.78, 5) is 28.1. The van der Waals surface area contributed by atoms with Crippen molar-refractivity contribution in [1.82, 2.24) is 14.5 Å². The van der Waals surface area contributed by atoms with Crippen LogP contribution in [0.3, 0.4) is 0 Å². The average Bonchev–Trinajstić information content (AvgIpc) is 3.64. The molecule has 0 spiro atoms. The number of amides is 2. The van der Waals surface area contributed by atoms with Crippen molar-refractivity contribution < 1.29 is 38.4 Å². The van der Waals surface area contributed by atoms with Gasteiger partial charge in [-0.05, 0) is 56.2 Å². The van der Waals surface area contributed by atoms with Gasteiger partial charge in [-0.2, -0.15) is 0 Å². The molecule has 13 heteroatoms. The Morgan fingerprint density at radius 3 is 2.98 bits per heavy atom. The van der Waals surface area contributed by atoms with Gasteiger partial charge in [0.25, 0.3) is 0 Å². The number of aliphatic hydroxyl groups excluding tert-OH is 1. The smallest absolute Gasteiger partial charge is 0.407 e. The predicted octanol–water partition coefficient (Wildman–Crippen LogP) is 1.90. The summed E-state index contributed by atoms with van der Waals surface area (Å²) in [6.45, 7) is 2.77. The summed E-state index contributed by atoms with van der Waals surface area (Å²) in [7, 11) is 7.82. The van der Waals surface area contributed by atoms with Gasteiger partial charge in [-0.15, -0.1) is 0 Å². The van der Waals surface area contributed by atoms with E-state index in [1.165, 1.54) is 11.9 Å². The molecule has 1 aromatic rings. The van der Waals surface area contributed by atoms with Crippen molar-refractivity contribution in [3.63, 3.8) is 0 Å². The third kappa shape index (κ3) is 7.17. The van der Waals surface area contributed by atoms with Crippen molar-refractivity contribution in [2.45, 2.75) is 73.9 Å². The fourth-order valence-corrected chi connectivity index (χ4v) is 6.72. The normalized spacial score (nSPS) is 29.1. The first-order valence-corrected chi connectivity index (χ1v) is 14.9. The van der Waals surface area contributed by atoms with Crippen LogP contribution in [-0.2, 0) is 19.0 Å². The molecule has 2 radical (unpaired) electrons. The van der Waals surface area contributed by atoms with Gasteiger partial charge in [0.15, 0.2) is 6.29 Å². The SMILES string of the molecule is [B]C(NC(=O)OC1COC2OCCC12)C(O)CN1CC2CCC(=O)N2CCCCCOc2cc(OC)ccc2S1. The molecule has 2 N–H and O–H groups in total. The number of nitrogens with one attached hydrogen (secondary N) is 1. The second kappa shape index (κ2) is 13.7. The molecule has 0 aromatic heterocycles. The Bertz CT molecular complexity index is 1040. The Kier molecular flexibility index (Phi) is 10.0. The van der Waals surface area contributed by atoms with E-state index in [2.05, 4.69) is 5.32 Å². The molecule has 4 heterocycles. The van der Waals surface area contributed by atoms with E-state index in [1.54, 1.807) is 7.11 Å². The lowest BCUT2D eigenvalue weighted by Gasteiger charge is -2.33. The minimum absolute atomic E-state index is 0.00723. The van der Waals surface area contributed by atoms with Crippen LogP contribution in [0.5, 0.6) is 11.5 Å². The zero-order chi connectivity index (χ0) is 28.1. The predicted molar refractivity (Wildman–Crippen MR) is 147 cm³/mol. The van der Waals surface area contributed by atoms with E-state index in [9.17, 15) is 14.7 Å². The van der Waals surface area contributed by atoms with Crippen molar-refractivity contribution >= 4 is 31.8 Å². The number of β-amino-alcohol motifs (C(OH)–C–C–N with tert-alkyl or cyclic N) is 1. The van der Waals surface area contributed by atoms with Gasteiger partial charge < -0.3 is 39.0 Å². The molecular formula is C27H38BN3O8S. The second-order valence-corrected chi connectivity index (χ2v) is 11.8. The van der Waals surface area contributed by atoms with Crippen LogP contribution in [0, 0.1) is 5.92 Å². The summed E-state index contributed by atoms with van der Waals surface area (Å²) >= 11 is 1.43. The van der Waals surface area contributed by atoms with Crippen LogP contribution >= 0.6 is 11.9 Å². The minimum Gasteiger partial charge on any atom is -0.497 e. The Hall–Kier alpha value is -2.19. The molecule has 1 aromatic carbocycles. The monoisotopic (exact) mass is 575 g/mol. The largest absolute Gasteiger partial charge is 0.497 e. The van der Waals surface area contributed by atoms with E-state index < -0.39 is 24.2 Å². The maximum atomic E-state index is 12.6. The number of hydrogen-bond donors (Lipinski definition) is 2. The van der Waals surface area contributed by atoms with Crippen LogP contribution < -0.4 is 14.8 Å². The van der Waals surface area contributed by atoms with Crippen LogP contribution in [-0.4, -0.2) is 111 Å². The summed E-state index contributed by atoms with van der Waals surface area (Å²) in [5.74, 6) is 0.493. The van der Waals surface area contributed by atoms with Crippen LogP contribution in [0.1, 0.15) is 38.5 Å². The Labute approximate surface area is 240 Å². The molecule has 4 aliphatic rings. The summed E-state index contributed by atoms with van der Waals surface area (Å²) < 4.78 is 30.1. The van der Waals surface area contributed by atoms with Gasteiger partial charge in [0, 0.05) is 44.1 Å². The summed E-state index contributed by atoms with van der Waals surface area (Å²) in [6.07, 6.45) is 2.24. The third-order valence-corrected chi connectivity index (χ3v) is 8.97. The van der Waals surface area contributed by atoms with E-state index in [-0.39, 0.29) is 37.3 Å². The number of ether oxygens (including phenoxy) is 5. The van der Waals surface area contributed by atoms with Gasteiger partial charge in [-0.25, -0.2) is 9.10 Å². The highest BCUT2D eigenvalue weighted by molar-refractivity contribution is 7.97. The zero-order valence-corrected chi connectivity index (χ0v) is 23.7. The minimum atomic E-state index is -1.11. The molecule has 0 saturated carbocycles. The third-order valence-electron chi connectivity index (χ3n) is 7.88. The molecule has 6 atom stereocenters. The number of benzene rings is 1. The average molecular weight is 575 g/mol. The van der Waals surface area contributed by atoms with Crippen molar-refractivity contribution in [2.24, 2.45) is 5.92 Å². The number of aliphatic hydroxyl groups is 1. The first-order valence-electron chi connectivity index (χ1n) is 14.1. The molecule has 5 rings (SSSR count). The number of nitrogens with zero attached hydrogens (tertiary/aromatic N) is 2. The maximum absolute atomic E-state index is 12.6. The van der Waals surface area contributed by atoms with E-state index in [4.69, 9.17) is 31.5 Å². The quantitative estimate of drug-likeness (QED) is 0.385.